The Labute approximate surface area is 173 Å². The molecule has 7 nitrogen and oxygen atoms in total. The van der Waals surface area contributed by atoms with Gasteiger partial charge in [-0.05, 0) is 55.9 Å². The van der Waals surface area contributed by atoms with Gasteiger partial charge >= 0.3 is 0 Å². The minimum Gasteiger partial charge on any atom is -0.468 e. The number of thiophene rings is 1. The Morgan fingerprint density at radius 1 is 1.41 bits per heavy atom. The first-order valence-corrected chi connectivity index (χ1v) is 10.4. The number of rotatable bonds is 5. The number of fused-ring (bicyclic) bond motifs is 3. The van der Waals surface area contributed by atoms with Gasteiger partial charge in [0.25, 0.3) is 6.47 Å². The molecule has 1 unspecified atom stereocenters. The number of aryl methyl sites for hydroxylation is 1. The summed E-state index contributed by atoms with van der Waals surface area (Å²) in [5.74, 6) is 1.58. The van der Waals surface area contributed by atoms with Gasteiger partial charge in [0.2, 0.25) is 0 Å². The fraction of sp³-hybridized carbons (Fsp3) is 0.333. The highest BCUT2D eigenvalue weighted by Gasteiger charge is 2.23. The van der Waals surface area contributed by atoms with Crippen LogP contribution in [0.1, 0.15) is 36.3 Å². The lowest BCUT2D eigenvalue weighted by Gasteiger charge is -2.18. The summed E-state index contributed by atoms with van der Waals surface area (Å²) in [5.41, 5.74) is 9.45. The van der Waals surface area contributed by atoms with Gasteiger partial charge in [-0.3, -0.25) is 4.79 Å². The lowest BCUT2D eigenvalue weighted by atomic mass is 9.89. The summed E-state index contributed by atoms with van der Waals surface area (Å²) in [6.45, 7) is 4.98. The number of benzene rings is 1. The number of nitrogen functional groups attached to an aromatic ring is 1. The van der Waals surface area contributed by atoms with Crippen molar-refractivity contribution in [1.29, 1.82) is 5.41 Å². The van der Waals surface area contributed by atoms with Crippen molar-refractivity contribution in [2.75, 3.05) is 17.7 Å². The van der Waals surface area contributed by atoms with Gasteiger partial charge < -0.3 is 21.2 Å². The molecule has 8 heteroatoms. The molecule has 1 aliphatic rings. The Bertz CT molecular complexity index is 1020. The quantitative estimate of drug-likeness (QED) is 0.327. The molecule has 0 spiro atoms. The Kier molecular flexibility index (Phi) is 6.77. The molecule has 0 aliphatic heterocycles. The molecule has 4 N–H and O–H groups in total. The molecule has 1 atom stereocenters. The zero-order valence-corrected chi connectivity index (χ0v) is 17.4. The normalized spacial score (nSPS) is 15.0. The number of carbonyl (C=O) groups is 1. The maximum absolute atomic E-state index is 9.18. The number of aromatic nitrogens is 2. The van der Waals surface area contributed by atoms with Crippen LogP contribution in [0.5, 0.6) is 0 Å². The van der Waals surface area contributed by atoms with Gasteiger partial charge in [0.05, 0.1) is 12.0 Å². The maximum Gasteiger partial charge on any atom is 0.293 e. The SMILES string of the molecule is CC1CCc2c(sc3ncnc(Nc4ccc(N)c(C=N)c4)c23)C1.CCOC=O. The van der Waals surface area contributed by atoms with Gasteiger partial charge in [-0.1, -0.05) is 6.92 Å². The van der Waals surface area contributed by atoms with Crippen LogP contribution >= 0.6 is 11.3 Å². The first-order chi connectivity index (χ1) is 14.1. The summed E-state index contributed by atoms with van der Waals surface area (Å²) < 4.78 is 4.15. The topological polar surface area (TPSA) is 114 Å². The van der Waals surface area contributed by atoms with Crippen LogP contribution in [0.3, 0.4) is 0 Å². The first kappa shape index (κ1) is 20.7. The van der Waals surface area contributed by atoms with E-state index in [0.29, 0.717) is 24.3 Å². The van der Waals surface area contributed by atoms with Crippen LogP contribution in [0.2, 0.25) is 0 Å². The van der Waals surface area contributed by atoms with Crippen LogP contribution in [0.4, 0.5) is 17.2 Å². The average Bonchev–Trinajstić information content (AvgIpc) is 3.09. The van der Waals surface area contributed by atoms with Gasteiger partial charge in [-0.2, -0.15) is 0 Å². The van der Waals surface area contributed by atoms with E-state index in [-0.39, 0.29) is 0 Å². The van der Waals surface area contributed by atoms with E-state index in [1.807, 2.05) is 18.2 Å². The lowest BCUT2D eigenvalue weighted by Crippen LogP contribution is -2.09. The van der Waals surface area contributed by atoms with Crippen LogP contribution in [0, 0.1) is 11.3 Å². The smallest absolute Gasteiger partial charge is 0.293 e. The van der Waals surface area contributed by atoms with Crippen molar-refractivity contribution in [2.45, 2.75) is 33.1 Å². The van der Waals surface area contributed by atoms with Gasteiger partial charge in [-0.15, -0.1) is 11.3 Å². The number of ether oxygens (including phenoxy) is 1. The Balaban J connectivity index is 0.000000431. The Morgan fingerprint density at radius 3 is 2.93 bits per heavy atom. The Hall–Kier alpha value is -3.00. The molecule has 2 aromatic heterocycles. The summed E-state index contributed by atoms with van der Waals surface area (Å²) >= 11 is 1.79. The molecule has 152 valence electrons. The van der Waals surface area contributed by atoms with E-state index in [4.69, 9.17) is 11.1 Å². The summed E-state index contributed by atoms with van der Waals surface area (Å²) in [4.78, 5) is 20.6. The molecule has 0 saturated heterocycles. The van der Waals surface area contributed by atoms with Crippen LogP contribution in [0.25, 0.3) is 10.2 Å². The number of hydrogen-bond donors (Lipinski definition) is 3. The summed E-state index contributed by atoms with van der Waals surface area (Å²) in [6, 6.07) is 5.60. The molecular formula is C21H25N5O2S. The van der Waals surface area contributed by atoms with E-state index < -0.39 is 0 Å². The summed E-state index contributed by atoms with van der Waals surface area (Å²) in [6.07, 6.45) is 6.32. The van der Waals surface area contributed by atoms with Gasteiger partial charge in [0.1, 0.15) is 17.0 Å². The predicted molar refractivity (Wildman–Crippen MR) is 118 cm³/mol. The standard InChI is InChI=1S/C18H19N5S.C3H6O2/c1-10-2-4-13-15(6-10)24-18-16(13)17(21-9-22-18)23-12-3-5-14(20)11(7-12)8-19;1-2-5-3-4/h3,5,7-10,19H,2,4,6,20H2,1H3,(H,21,22,23);3H,2H2,1H3. The van der Waals surface area contributed by atoms with Crippen molar-refractivity contribution < 1.29 is 9.53 Å². The molecule has 0 radical (unpaired) electrons. The van der Waals surface area contributed by atoms with E-state index in [9.17, 15) is 4.79 Å². The molecule has 2 heterocycles. The molecule has 3 aromatic rings. The van der Waals surface area contributed by atoms with E-state index in [0.717, 1.165) is 40.5 Å². The molecule has 4 rings (SSSR count). The van der Waals surface area contributed by atoms with Crippen molar-refractivity contribution in [3.8, 4) is 0 Å². The fourth-order valence-corrected chi connectivity index (χ4v) is 4.70. The number of anilines is 3. The molecule has 0 amide bonds. The second-order valence-corrected chi connectivity index (χ2v) is 8.00. The molecule has 1 aliphatic carbocycles. The van der Waals surface area contributed by atoms with Crippen LogP contribution in [0.15, 0.2) is 24.5 Å². The number of carbonyl (C=O) groups excluding carboxylic acids is 1. The monoisotopic (exact) mass is 411 g/mol. The van der Waals surface area contributed by atoms with Crippen LogP contribution in [-0.4, -0.2) is 29.3 Å². The highest BCUT2D eigenvalue weighted by atomic mass is 32.1. The summed E-state index contributed by atoms with van der Waals surface area (Å²) in [7, 11) is 0. The van der Waals surface area contributed by atoms with Gasteiger partial charge in [0.15, 0.2) is 0 Å². The lowest BCUT2D eigenvalue weighted by molar-refractivity contribution is -0.128. The minimum absolute atomic E-state index is 0.431. The van der Waals surface area contributed by atoms with Crippen molar-refractivity contribution >= 4 is 51.4 Å². The van der Waals surface area contributed by atoms with Gasteiger partial charge in [-0.25, -0.2) is 9.97 Å². The number of nitrogens with zero attached hydrogens (tertiary/aromatic N) is 2. The second kappa shape index (κ2) is 9.47. The highest BCUT2D eigenvalue weighted by Crippen LogP contribution is 2.40. The largest absolute Gasteiger partial charge is 0.468 e. The highest BCUT2D eigenvalue weighted by molar-refractivity contribution is 7.19. The molecule has 1 aromatic carbocycles. The van der Waals surface area contributed by atoms with Crippen LogP contribution in [-0.2, 0) is 22.4 Å². The second-order valence-electron chi connectivity index (χ2n) is 6.92. The Morgan fingerprint density at radius 2 is 2.24 bits per heavy atom. The van der Waals surface area contributed by atoms with Crippen LogP contribution < -0.4 is 11.1 Å². The van der Waals surface area contributed by atoms with Crippen molar-refractivity contribution in [3.63, 3.8) is 0 Å². The predicted octanol–water partition coefficient (Wildman–Crippen LogP) is 4.32. The van der Waals surface area contributed by atoms with Crippen molar-refractivity contribution in [2.24, 2.45) is 5.92 Å². The zero-order valence-electron chi connectivity index (χ0n) is 16.6. The molecule has 0 saturated carbocycles. The number of hydrogen-bond acceptors (Lipinski definition) is 8. The maximum atomic E-state index is 9.18. The molecule has 0 bridgehead atoms. The minimum atomic E-state index is 0.431. The third kappa shape index (κ3) is 4.71. The number of nitrogens with two attached hydrogens (primary N) is 1. The van der Waals surface area contributed by atoms with Gasteiger partial charge in [0, 0.05) is 28.0 Å². The van der Waals surface area contributed by atoms with E-state index in [1.54, 1.807) is 24.6 Å². The van der Waals surface area contributed by atoms with E-state index in [1.165, 1.54) is 23.1 Å². The molecule has 0 fully saturated rings. The third-order valence-corrected chi connectivity index (χ3v) is 5.99. The average molecular weight is 412 g/mol. The van der Waals surface area contributed by atoms with E-state index >= 15 is 0 Å². The first-order valence-electron chi connectivity index (χ1n) is 9.54. The molecule has 29 heavy (non-hydrogen) atoms. The number of nitrogens with one attached hydrogen (secondary N) is 2. The van der Waals surface area contributed by atoms with E-state index in [2.05, 4.69) is 26.9 Å². The zero-order chi connectivity index (χ0) is 20.8. The fourth-order valence-electron chi connectivity index (χ4n) is 3.35. The van der Waals surface area contributed by atoms with Crippen molar-refractivity contribution in [1.82, 2.24) is 9.97 Å². The summed E-state index contributed by atoms with van der Waals surface area (Å²) in [5, 5.41) is 12.0. The van der Waals surface area contributed by atoms with Crippen molar-refractivity contribution in [3.05, 3.63) is 40.5 Å². The third-order valence-electron chi connectivity index (χ3n) is 4.83. The molecular weight excluding hydrogens is 386 g/mol.